The summed E-state index contributed by atoms with van der Waals surface area (Å²) in [6.07, 6.45) is 11.1. The molecule has 6 amide bonds. The van der Waals surface area contributed by atoms with Crippen LogP contribution in [-0.4, -0.2) is 183 Å². The highest BCUT2D eigenvalue weighted by atomic mass is 16.6. The summed E-state index contributed by atoms with van der Waals surface area (Å²) in [6.45, 7) is 17.2. The van der Waals surface area contributed by atoms with Gasteiger partial charge in [-0.2, -0.15) is 9.59 Å². The molecule has 1 aromatic rings. The van der Waals surface area contributed by atoms with Crippen LogP contribution in [0.5, 0.6) is 0 Å². The number of methoxy groups -OCH3 is 1. The molecule has 0 unspecified atom stereocenters. The Hall–Kier alpha value is -7.21. The van der Waals surface area contributed by atoms with Gasteiger partial charge in [0.15, 0.2) is 11.9 Å². The van der Waals surface area contributed by atoms with Gasteiger partial charge in [0.1, 0.15) is 24.1 Å². The van der Waals surface area contributed by atoms with E-state index in [0.717, 1.165) is 4.90 Å². The van der Waals surface area contributed by atoms with E-state index in [4.69, 9.17) is 39.0 Å². The predicted molar refractivity (Wildman–Crippen MR) is 341 cm³/mol. The van der Waals surface area contributed by atoms with Crippen LogP contribution >= 0.6 is 0 Å². The highest BCUT2D eigenvalue weighted by molar-refractivity contribution is 6.12. The Labute approximate surface area is 547 Å². The minimum atomic E-state index is -1.22. The van der Waals surface area contributed by atoms with Gasteiger partial charge in [-0.1, -0.05) is 103 Å². The first-order valence-corrected chi connectivity index (χ1v) is 32.7. The topological polar surface area (TPSA) is 346 Å². The third kappa shape index (κ3) is 25.6. The second-order valence-electron chi connectivity index (χ2n) is 25.8. The Morgan fingerprint density at radius 1 is 0.935 bits per heavy atom. The molecule has 24 heteroatoms. The largest absolute Gasteiger partial charge is 0.457 e. The van der Waals surface area contributed by atoms with E-state index in [1.807, 2.05) is 47.6 Å². The number of cyclic esters (lactones) is 1. The van der Waals surface area contributed by atoms with Gasteiger partial charge < -0.3 is 59.9 Å². The standard InChI is InChI=1S/C68H101N5O17.CO2/c1-11-49-41-71(65(83)89-57-28-23-45(6)62(90-61(81)39-51(75)31-33-68(57,9)86-10)44(5)19-18-32-67(8,85)40-56-63(88-56)46(7)54(76)12-2)35-36-72(49)66(84)87-42-48-26-24-47(25-27-48)37-55(77)53(21-15-16-22-58(69)78)70-64(82)52(43(3)4)38-50(74)20-14-13-17-34-73-59(79)29-30-60(73)80;2-1-3/h18-19,23-30,32,43,45-46,49,51-54,56-57,62-63,75-76,85H,11-17,20-22,31,33-42H2,1-10H3,(H2,69,78)(H,70,82);/b28-23+,32-18+,44-19+;/t45-,46+,49+,51+,52-,53-,54-,56+,57-,62+,63+,67-,68+;/m0./s1. The van der Waals surface area contributed by atoms with Crippen LogP contribution in [0.2, 0.25) is 0 Å². The van der Waals surface area contributed by atoms with Crippen LogP contribution in [0.1, 0.15) is 170 Å². The average Bonchev–Trinajstić information content (AvgIpc) is 1.54. The molecule has 1 aromatic carbocycles. The van der Waals surface area contributed by atoms with E-state index in [1.54, 1.807) is 74.2 Å². The number of amides is 6. The fourth-order valence-electron chi connectivity index (χ4n) is 11.7. The van der Waals surface area contributed by atoms with Gasteiger partial charge in [0, 0.05) is 95.3 Å². The average molecular weight is 1300 g/mol. The van der Waals surface area contributed by atoms with Crippen LogP contribution in [0.15, 0.2) is 72.4 Å². The molecule has 0 spiro atoms. The third-order valence-electron chi connectivity index (χ3n) is 17.9. The van der Waals surface area contributed by atoms with Crippen LogP contribution in [0, 0.1) is 23.7 Å². The number of Topliss-reactive ketones (excluding diaryl/α,β-unsaturated/α-hetero) is 2. The van der Waals surface area contributed by atoms with E-state index in [-0.39, 0.29) is 138 Å². The van der Waals surface area contributed by atoms with Gasteiger partial charge in [0.25, 0.3) is 11.8 Å². The van der Waals surface area contributed by atoms with Crippen molar-refractivity contribution in [3.05, 3.63) is 83.5 Å². The molecule has 2 saturated heterocycles. The highest BCUT2D eigenvalue weighted by Crippen LogP contribution is 2.38. The van der Waals surface area contributed by atoms with Crippen molar-refractivity contribution in [3.8, 4) is 0 Å². The number of imide groups is 1. The summed E-state index contributed by atoms with van der Waals surface area (Å²) in [5.74, 6) is -3.97. The van der Waals surface area contributed by atoms with Crippen molar-refractivity contribution in [1.82, 2.24) is 20.0 Å². The molecule has 4 aliphatic rings. The van der Waals surface area contributed by atoms with Gasteiger partial charge >= 0.3 is 24.3 Å². The van der Waals surface area contributed by atoms with E-state index in [0.29, 0.717) is 68.1 Å². The number of carbonyl (C=O) groups is 9. The number of rotatable bonds is 32. The van der Waals surface area contributed by atoms with E-state index in [9.17, 15) is 58.5 Å². The molecule has 24 nitrogen and oxygen atoms in total. The number of esters is 1. The van der Waals surface area contributed by atoms with E-state index in [2.05, 4.69) is 5.32 Å². The van der Waals surface area contributed by atoms with Crippen molar-refractivity contribution >= 4 is 59.5 Å². The first-order valence-electron chi connectivity index (χ1n) is 32.7. The lowest BCUT2D eigenvalue weighted by atomic mass is 9.88. The molecule has 13 atom stereocenters. The van der Waals surface area contributed by atoms with Gasteiger partial charge in [0.05, 0.1) is 48.5 Å². The highest BCUT2D eigenvalue weighted by Gasteiger charge is 2.47. The lowest BCUT2D eigenvalue weighted by Gasteiger charge is -2.41. The van der Waals surface area contributed by atoms with Crippen molar-refractivity contribution in [1.29, 1.82) is 0 Å². The van der Waals surface area contributed by atoms with Crippen LogP contribution in [0.3, 0.4) is 0 Å². The predicted octanol–water partition coefficient (Wildman–Crippen LogP) is 6.87. The molecular weight excluding hydrogens is 1200 g/mol. The normalized spacial score (nSPS) is 25.0. The molecule has 4 heterocycles. The van der Waals surface area contributed by atoms with Crippen LogP contribution in [0.25, 0.3) is 0 Å². The molecule has 2 fully saturated rings. The van der Waals surface area contributed by atoms with Crippen molar-refractivity contribution in [2.75, 3.05) is 33.3 Å². The van der Waals surface area contributed by atoms with Crippen molar-refractivity contribution in [2.24, 2.45) is 29.4 Å². The number of aliphatic hydroxyl groups excluding tert-OH is 2. The number of ketones is 2. The minimum Gasteiger partial charge on any atom is -0.457 e. The molecule has 0 radical (unpaired) electrons. The number of hydrogen-bond donors (Lipinski definition) is 5. The zero-order valence-corrected chi connectivity index (χ0v) is 55.9. The summed E-state index contributed by atoms with van der Waals surface area (Å²) in [4.78, 5) is 138. The van der Waals surface area contributed by atoms with Crippen molar-refractivity contribution < 1.29 is 91.7 Å². The molecule has 6 N–H and O–H groups in total. The summed E-state index contributed by atoms with van der Waals surface area (Å²) in [7, 11) is 1.50. The molecule has 0 bridgehead atoms. The van der Waals surface area contributed by atoms with Gasteiger partial charge in [0.2, 0.25) is 11.8 Å². The number of benzene rings is 1. The number of allylic oxidation sites excluding steroid dienone is 2. The number of carbonyl (C=O) groups excluding carboxylic acids is 11. The maximum atomic E-state index is 14.2. The maximum absolute atomic E-state index is 14.2. The zero-order chi connectivity index (χ0) is 69.2. The fraction of sp³-hybridized carbons (Fsp3) is 0.652. The summed E-state index contributed by atoms with van der Waals surface area (Å²) in [5.41, 5.74) is 4.98. The smallest absolute Gasteiger partial charge is 0.410 e. The van der Waals surface area contributed by atoms with Gasteiger partial charge in [-0.25, -0.2) is 9.59 Å². The van der Waals surface area contributed by atoms with E-state index >= 15 is 0 Å². The van der Waals surface area contributed by atoms with E-state index in [1.165, 1.54) is 24.2 Å². The van der Waals surface area contributed by atoms with Crippen LogP contribution in [-0.2, 0) is 79.9 Å². The lowest BCUT2D eigenvalue weighted by Crippen LogP contribution is -2.57. The number of primary amides is 1. The molecule has 0 aliphatic carbocycles. The second kappa shape index (κ2) is 38.2. The lowest BCUT2D eigenvalue weighted by molar-refractivity contribution is -0.192. The molecule has 93 heavy (non-hydrogen) atoms. The quantitative estimate of drug-likeness (QED) is 0.00934. The maximum Gasteiger partial charge on any atom is 0.410 e. The van der Waals surface area contributed by atoms with E-state index < -0.39 is 89.5 Å². The molecular formula is C69H101N5O19. The van der Waals surface area contributed by atoms with Crippen LogP contribution in [0.4, 0.5) is 9.59 Å². The molecule has 4 aliphatic heterocycles. The number of piperazine rings is 1. The molecule has 0 saturated carbocycles. The van der Waals surface area contributed by atoms with Crippen molar-refractivity contribution in [3.63, 3.8) is 0 Å². The third-order valence-corrected chi connectivity index (χ3v) is 17.9. The SMILES string of the molecule is CC[C@@H]1CN(C(=O)O[C@H]2/C=C/[C@H](C)[C@@H](/C(C)=C/C=C/[C@](C)(O)C[C@H]3O[C@@H]3[C@H](C)[C@@H](O)CC)OC(=O)C[C@H](O)CC[C@@]2(C)OC)CCN1C(=O)OCc1ccc(CC(=O)[C@H](CCCCC(N)=O)NC(=O)[C@@H](CC(=O)CCCCCN2C(=O)C=CC2=O)C(C)C)cc1.O=C=O. The number of nitrogens with zero attached hydrogens (tertiary/aromatic N) is 3. The Bertz CT molecular complexity index is 2830. The second-order valence-corrected chi connectivity index (χ2v) is 25.8. The van der Waals surface area contributed by atoms with Gasteiger partial charge in [-0.3, -0.25) is 38.5 Å². The first kappa shape index (κ1) is 78.2. The Morgan fingerprint density at radius 3 is 2.22 bits per heavy atom. The Morgan fingerprint density at radius 2 is 1.59 bits per heavy atom. The monoisotopic (exact) mass is 1300 g/mol. The summed E-state index contributed by atoms with van der Waals surface area (Å²) < 4.78 is 29.9. The summed E-state index contributed by atoms with van der Waals surface area (Å²) in [5, 5.41) is 35.4. The zero-order valence-electron chi connectivity index (χ0n) is 55.9. The first-order chi connectivity index (χ1) is 44.0. The molecule has 516 valence electrons. The minimum absolute atomic E-state index is 0.0139. The fourth-order valence-corrected chi connectivity index (χ4v) is 11.7. The number of hydrogen-bond acceptors (Lipinski definition) is 19. The number of epoxide rings is 1. The Kier molecular flexibility index (Phi) is 32.2. The number of nitrogens with one attached hydrogen (secondary N) is 1. The van der Waals surface area contributed by atoms with Gasteiger partial charge in [-0.15, -0.1) is 0 Å². The van der Waals surface area contributed by atoms with Crippen molar-refractivity contribution in [2.45, 2.75) is 232 Å². The molecule has 5 rings (SSSR count). The summed E-state index contributed by atoms with van der Waals surface area (Å²) >= 11 is 0. The number of nitrogens with two attached hydrogens (primary N) is 1. The Balaban J connectivity index is 0.00000602. The number of aliphatic hydroxyl groups is 3. The van der Waals surface area contributed by atoms with Gasteiger partial charge in [-0.05, 0) is 101 Å². The number of ether oxygens (including phenoxy) is 5. The number of unbranched alkanes of at least 4 members (excludes halogenated alkanes) is 3. The van der Waals surface area contributed by atoms with Crippen LogP contribution < -0.4 is 11.1 Å². The molecule has 0 aromatic heterocycles. The summed E-state index contributed by atoms with van der Waals surface area (Å²) in [6, 6.07) is 5.67.